The lowest BCUT2D eigenvalue weighted by atomic mass is 10.2. The SMILES string of the molecule is O=C(O)CONS(=O)(=O)Cc1ccc(F)cc1. The molecule has 0 amide bonds. The van der Waals surface area contributed by atoms with Gasteiger partial charge in [-0.3, -0.25) is 4.84 Å². The van der Waals surface area contributed by atoms with Crippen molar-refractivity contribution in [1.29, 1.82) is 0 Å². The van der Waals surface area contributed by atoms with Gasteiger partial charge in [-0.25, -0.2) is 17.6 Å². The molecule has 17 heavy (non-hydrogen) atoms. The standard InChI is InChI=1S/C9H10FNO5S/c10-8-3-1-7(2-4-8)6-17(14,15)11-16-5-9(12)13/h1-4,11H,5-6H2,(H,12,13). The van der Waals surface area contributed by atoms with Gasteiger partial charge in [-0.2, -0.15) is 0 Å². The van der Waals surface area contributed by atoms with Crippen molar-refractivity contribution >= 4 is 16.0 Å². The number of hydrogen-bond acceptors (Lipinski definition) is 4. The highest BCUT2D eigenvalue weighted by Gasteiger charge is 2.12. The molecule has 0 aromatic heterocycles. The molecule has 0 atom stereocenters. The molecular formula is C9H10FNO5S. The number of benzene rings is 1. The molecule has 6 nitrogen and oxygen atoms in total. The summed E-state index contributed by atoms with van der Waals surface area (Å²) in [7, 11) is -3.80. The van der Waals surface area contributed by atoms with E-state index < -0.39 is 34.2 Å². The van der Waals surface area contributed by atoms with Crippen LogP contribution in [-0.2, 0) is 25.4 Å². The van der Waals surface area contributed by atoms with Crippen LogP contribution in [0.15, 0.2) is 24.3 Å². The number of carboxylic acid groups (broad SMARTS) is 1. The Bertz CT molecular complexity index is 485. The van der Waals surface area contributed by atoms with E-state index in [1.807, 2.05) is 0 Å². The summed E-state index contributed by atoms with van der Waals surface area (Å²) >= 11 is 0. The monoisotopic (exact) mass is 263 g/mol. The van der Waals surface area contributed by atoms with Crippen LogP contribution < -0.4 is 4.89 Å². The molecule has 1 aromatic carbocycles. The Hall–Kier alpha value is -1.51. The van der Waals surface area contributed by atoms with Crippen LogP contribution in [0.3, 0.4) is 0 Å². The predicted molar refractivity (Wildman–Crippen MR) is 55.7 cm³/mol. The Morgan fingerprint density at radius 2 is 1.94 bits per heavy atom. The highest BCUT2D eigenvalue weighted by atomic mass is 32.2. The highest BCUT2D eigenvalue weighted by Crippen LogP contribution is 2.06. The number of aliphatic carboxylic acids is 1. The molecule has 0 heterocycles. The van der Waals surface area contributed by atoms with Gasteiger partial charge < -0.3 is 5.11 Å². The van der Waals surface area contributed by atoms with Gasteiger partial charge in [0, 0.05) is 0 Å². The second kappa shape index (κ2) is 5.71. The van der Waals surface area contributed by atoms with Crippen LogP contribution in [-0.4, -0.2) is 26.1 Å². The van der Waals surface area contributed by atoms with Gasteiger partial charge in [0.1, 0.15) is 5.82 Å². The van der Waals surface area contributed by atoms with Gasteiger partial charge in [-0.1, -0.05) is 17.0 Å². The lowest BCUT2D eigenvalue weighted by Gasteiger charge is -2.05. The third-order valence-corrected chi connectivity index (χ3v) is 2.74. The van der Waals surface area contributed by atoms with E-state index in [1.165, 1.54) is 12.1 Å². The minimum atomic E-state index is -3.80. The van der Waals surface area contributed by atoms with Crippen molar-refractivity contribution in [2.24, 2.45) is 0 Å². The molecule has 0 unspecified atom stereocenters. The first-order valence-corrected chi connectivity index (χ1v) is 6.12. The summed E-state index contributed by atoms with van der Waals surface area (Å²) in [5.74, 6) is -2.19. The summed E-state index contributed by atoms with van der Waals surface area (Å²) in [6, 6.07) is 4.88. The lowest BCUT2D eigenvalue weighted by Crippen LogP contribution is -2.27. The maximum Gasteiger partial charge on any atom is 0.331 e. The average Bonchev–Trinajstić information content (AvgIpc) is 2.20. The van der Waals surface area contributed by atoms with Crippen LogP contribution in [0, 0.1) is 5.82 Å². The molecule has 1 aromatic rings. The van der Waals surface area contributed by atoms with Gasteiger partial charge in [-0.15, -0.1) is 0 Å². The molecule has 0 fully saturated rings. The van der Waals surface area contributed by atoms with Crippen molar-refractivity contribution in [2.45, 2.75) is 5.75 Å². The van der Waals surface area contributed by atoms with Gasteiger partial charge >= 0.3 is 5.97 Å². The number of carboxylic acids is 1. The predicted octanol–water partition coefficient (Wildman–Crippen LogP) is 0.261. The highest BCUT2D eigenvalue weighted by molar-refractivity contribution is 7.88. The van der Waals surface area contributed by atoms with Crippen LogP contribution in [0.25, 0.3) is 0 Å². The van der Waals surface area contributed by atoms with Crippen molar-refractivity contribution in [3.05, 3.63) is 35.6 Å². The van der Waals surface area contributed by atoms with Gasteiger partial charge in [0.25, 0.3) is 0 Å². The first-order valence-electron chi connectivity index (χ1n) is 4.46. The Kier molecular flexibility index (Phi) is 4.55. The Morgan fingerprint density at radius 3 is 2.47 bits per heavy atom. The molecular weight excluding hydrogens is 253 g/mol. The molecule has 1 rings (SSSR count). The Balaban J connectivity index is 2.54. The molecule has 0 saturated carbocycles. The molecule has 0 saturated heterocycles. The van der Waals surface area contributed by atoms with E-state index in [0.29, 0.717) is 5.56 Å². The minimum absolute atomic E-state index is 0.359. The number of hydrogen-bond donors (Lipinski definition) is 2. The van der Waals surface area contributed by atoms with Crippen molar-refractivity contribution in [2.75, 3.05) is 6.61 Å². The van der Waals surface area contributed by atoms with E-state index in [2.05, 4.69) is 4.84 Å². The first kappa shape index (κ1) is 13.6. The lowest BCUT2D eigenvalue weighted by molar-refractivity contribution is -0.143. The second-order valence-electron chi connectivity index (χ2n) is 3.15. The fraction of sp³-hybridized carbons (Fsp3) is 0.222. The van der Waals surface area contributed by atoms with E-state index in [1.54, 1.807) is 4.89 Å². The number of sulfonamides is 1. The van der Waals surface area contributed by atoms with Gasteiger partial charge in [-0.05, 0) is 17.7 Å². The number of nitrogens with one attached hydrogen (secondary N) is 1. The summed E-state index contributed by atoms with van der Waals surface area (Å²) in [6.45, 7) is -0.775. The fourth-order valence-corrected chi connectivity index (χ4v) is 1.94. The Labute approximate surface area is 97.0 Å². The number of carbonyl (C=O) groups is 1. The summed E-state index contributed by atoms with van der Waals surface area (Å²) in [5, 5.41) is 8.23. The van der Waals surface area contributed by atoms with Gasteiger partial charge in [0.2, 0.25) is 10.0 Å². The number of rotatable bonds is 6. The van der Waals surface area contributed by atoms with Gasteiger partial charge in [0.05, 0.1) is 5.75 Å². The molecule has 94 valence electrons. The van der Waals surface area contributed by atoms with Crippen LogP contribution in [0.4, 0.5) is 4.39 Å². The molecule has 0 bridgehead atoms. The van der Waals surface area contributed by atoms with Crippen molar-refractivity contribution in [1.82, 2.24) is 4.89 Å². The largest absolute Gasteiger partial charge is 0.479 e. The van der Waals surface area contributed by atoms with Crippen molar-refractivity contribution < 1.29 is 27.5 Å². The molecule has 0 aliphatic carbocycles. The van der Waals surface area contributed by atoms with E-state index >= 15 is 0 Å². The third kappa shape index (κ3) is 5.38. The van der Waals surface area contributed by atoms with Crippen LogP contribution in [0.1, 0.15) is 5.56 Å². The maximum absolute atomic E-state index is 12.6. The topological polar surface area (TPSA) is 92.7 Å². The zero-order chi connectivity index (χ0) is 12.9. The zero-order valence-electron chi connectivity index (χ0n) is 8.59. The summed E-state index contributed by atoms with van der Waals surface area (Å²) in [5.41, 5.74) is 0.359. The minimum Gasteiger partial charge on any atom is -0.479 e. The second-order valence-corrected chi connectivity index (χ2v) is 4.84. The molecule has 0 spiro atoms. The van der Waals surface area contributed by atoms with E-state index in [-0.39, 0.29) is 0 Å². The summed E-state index contributed by atoms with van der Waals surface area (Å²) in [4.78, 5) is 16.0. The molecule has 0 aliphatic heterocycles. The normalized spacial score (nSPS) is 11.4. The Morgan fingerprint density at radius 1 is 1.35 bits per heavy atom. The van der Waals surface area contributed by atoms with Gasteiger partial charge in [0.15, 0.2) is 6.61 Å². The van der Waals surface area contributed by atoms with E-state index in [4.69, 9.17) is 5.11 Å². The molecule has 2 N–H and O–H groups in total. The van der Waals surface area contributed by atoms with Crippen LogP contribution in [0.2, 0.25) is 0 Å². The molecule has 0 radical (unpaired) electrons. The van der Waals surface area contributed by atoms with Crippen molar-refractivity contribution in [3.63, 3.8) is 0 Å². The zero-order valence-corrected chi connectivity index (χ0v) is 9.41. The van der Waals surface area contributed by atoms with Crippen molar-refractivity contribution in [3.8, 4) is 0 Å². The summed E-state index contributed by atoms with van der Waals surface area (Å²) in [6.07, 6.45) is 0. The molecule has 8 heteroatoms. The quantitative estimate of drug-likeness (QED) is 0.718. The first-order chi connectivity index (χ1) is 7.89. The third-order valence-electron chi connectivity index (χ3n) is 1.65. The van der Waals surface area contributed by atoms with Crippen LogP contribution >= 0.6 is 0 Å². The molecule has 0 aliphatic rings. The smallest absolute Gasteiger partial charge is 0.331 e. The van der Waals surface area contributed by atoms with Crippen LogP contribution in [0.5, 0.6) is 0 Å². The van der Waals surface area contributed by atoms with E-state index in [9.17, 15) is 17.6 Å². The summed E-state index contributed by atoms with van der Waals surface area (Å²) < 4.78 is 35.2. The maximum atomic E-state index is 12.6. The fourth-order valence-electron chi connectivity index (χ4n) is 1.01. The number of halogens is 1. The average molecular weight is 263 g/mol. The van der Waals surface area contributed by atoms with E-state index in [0.717, 1.165) is 12.1 Å².